The van der Waals surface area contributed by atoms with Crippen LogP contribution in [0.5, 0.6) is 0 Å². The summed E-state index contributed by atoms with van der Waals surface area (Å²) >= 11 is 0. The van der Waals surface area contributed by atoms with Gasteiger partial charge in [0.15, 0.2) is 0 Å². The zero-order valence-corrected chi connectivity index (χ0v) is 12.6. The Morgan fingerprint density at radius 1 is 1.33 bits per heavy atom. The van der Waals surface area contributed by atoms with Crippen LogP contribution in [-0.2, 0) is 9.53 Å². The molecule has 114 valence electrons. The van der Waals surface area contributed by atoms with Crippen molar-refractivity contribution in [2.45, 2.75) is 6.42 Å². The van der Waals surface area contributed by atoms with E-state index in [-0.39, 0.29) is 5.91 Å². The number of ether oxygens (including phenoxy) is 1. The summed E-state index contributed by atoms with van der Waals surface area (Å²) in [5.74, 6) is 2.23. The molecule has 2 aliphatic rings. The van der Waals surface area contributed by atoms with Crippen molar-refractivity contribution in [1.82, 2.24) is 14.9 Å². The summed E-state index contributed by atoms with van der Waals surface area (Å²) in [6.07, 6.45) is 4.11. The quantitative estimate of drug-likeness (QED) is 0.818. The van der Waals surface area contributed by atoms with Gasteiger partial charge in [-0.3, -0.25) is 4.79 Å². The van der Waals surface area contributed by atoms with Crippen LogP contribution < -0.4 is 4.90 Å². The summed E-state index contributed by atoms with van der Waals surface area (Å²) in [5.41, 5.74) is 0. The minimum absolute atomic E-state index is 0.179. The Morgan fingerprint density at radius 2 is 2.10 bits per heavy atom. The molecule has 0 N–H and O–H groups in total. The fourth-order valence-electron chi connectivity index (χ4n) is 3.34. The van der Waals surface area contributed by atoms with Crippen LogP contribution in [-0.4, -0.2) is 61.2 Å². The van der Waals surface area contributed by atoms with E-state index in [1.807, 2.05) is 20.2 Å². The van der Waals surface area contributed by atoms with E-state index < -0.39 is 0 Å². The molecule has 0 aliphatic carbocycles. The summed E-state index contributed by atoms with van der Waals surface area (Å²) in [5, 5.41) is 0. The maximum absolute atomic E-state index is 12.0. The average Bonchev–Trinajstić information content (AvgIpc) is 2.93. The molecule has 1 amide bonds. The van der Waals surface area contributed by atoms with Crippen molar-refractivity contribution >= 4 is 11.9 Å². The van der Waals surface area contributed by atoms with Crippen LogP contribution in [0.1, 0.15) is 6.42 Å². The van der Waals surface area contributed by atoms with E-state index in [9.17, 15) is 4.79 Å². The van der Waals surface area contributed by atoms with Crippen LogP contribution in [0.25, 0.3) is 0 Å². The van der Waals surface area contributed by atoms with E-state index >= 15 is 0 Å². The smallest absolute Gasteiger partial charge is 0.225 e. The molecule has 0 bridgehead atoms. The molecule has 0 spiro atoms. The highest BCUT2D eigenvalue weighted by Gasteiger charge is 2.42. The van der Waals surface area contributed by atoms with Gasteiger partial charge in [-0.15, -0.1) is 0 Å². The molecule has 1 aromatic rings. The fourth-order valence-corrected chi connectivity index (χ4v) is 3.34. The monoisotopic (exact) mass is 290 g/mol. The molecule has 0 aromatic carbocycles. The number of carbonyl (C=O) groups excluding carboxylic acids is 1. The zero-order valence-electron chi connectivity index (χ0n) is 12.6. The van der Waals surface area contributed by atoms with E-state index in [1.165, 1.54) is 0 Å². The lowest BCUT2D eigenvalue weighted by molar-refractivity contribution is -0.132. The largest absolute Gasteiger partial charge is 0.381 e. The molecule has 3 rings (SSSR count). The van der Waals surface area contributed by atoms with Crippen LogP contribution in [0.3, 0.4) is 0 Å². The molecule has 6 nitrogen and oxygen atoms in total. The predicted molar refractivity (Wildman–Crippen MR) is 78.8 cm³/mol. The first kappa shape index (κ1) is 14.3. The van der Waals surface area contributed by atoms with E-state index in [1.54, 1.807) is 17.3 Å². The highest BCUT2D eigenvalue weighted by atomic mass is 16.5. The summed E-state index contributed by atoms with van der Waals surface area (Å²) in [7, 11) is 3.62. The van der Waals surface area contributed by atoms with Crippen LogP contribution >= 0.6 is 0 Å². The van der Waals surface area contributed by atoms with Crippen molar-refractivity contribution in [2.24, 2.45) is 17.8 Å². The lowest BCUT2D eigenvalue weighted by Gasteiger charge is -2.32. The molecule has 0 unspecified atom stereocenters. The molecule has 2 saturated heterocycles. The first-order valence-corrected chi connectivity index (χ1v) is 7.45. The number of fused-ring (bicyclic) bond motifs is 1. The van der Waals surface area contributed by atoms with E-state index in [0.717, 1.165) is 25.6 Å². The first-order valence-electron chi connectivity index (χ1n) is 7.45. The highest BCUT2D eigenvalue weighted by molar-refractivity contribution is 5.75. The Kier molecular flexibility index (Phi) is 4.05. The Balaban J connectivity index is 1.69. The average molecular weight is 290 g/mol. The third kappa shape index (κ3) is 3.00. The third-order valence-electron chi connectivity index (χ3n) is 4.53. The van der Waals surface area contributed by atoms with Gasteiger partial charge < -0.3 is 14.5 Å². The molecule has 2 aliphatic heterocycles. The van der Waals surface area contributed by atoms with Crippen LogP contribution in [0.2, 0.25) is 0 Å². The number of rotatable bonds is 3. The van der Waals surface area contributed by atoms with Crippen molar-refractivity contribution in [2.75, 3.05) is 45.3 Å². The van der Waals surface area contributed by atoms with Crippen molar-refractivity contribution in [1.29, 1.82) is 0 Å². The maximum atomic E-state index is 12.0. The molecular weight excluding hydrogens is 268 g/mol. The van der Waals surface area contributed by atoms with Gasteiger partial charge in [0.05, 0.1) is 13.2 Å². The van der Waals surface area contributed by atoms with Crippen molar-refractivity contribution < 1.29 is 9.53 Å². The Labute approximate surface area is 125 Å². The second-order valence-electron chi connectivity index (χ2n) is 6.17. The molecule has 6 heteroatoms. The maximum Gasteiger partial charge on any atom is 0.225 e. The number of anilines is 1. The third-order valence-corrected chi connectivity index (χ3v) is 4.53. The van der Waals surface area contributed by atoms with Crippen LogP contribution in [0.15, 0.2) is 18.5 Å². The first-order chi connectivity index (χ1) is 10.1. The number of hydrogen-bond acceptors (Lipinski definition) is 5. The number of aromatic nitrogens is 2. The Hall–Kier alpha value is -1.69. The predicted octanol–water partition coefficient (Wildman–Crippen LogP) is 0.654. The van der Waals surface area contributed by atoms with E-state index in [0.29, 0.717) is 30.8 Å². The van der Waals surface area contributed by atoms with Gasteiger partial charge in [0, 0.05) is 51.9 Å². The summed E-state index contributed by atoms with van der Waals surface area (Å²) in [4.78, 5) is 24.5. The van der Waals surface area contributed by atoms with Gasteiger partial charge in [-0.25, -0.2) is 9.97 Å². The highest BCUT2D eigenvalue weighted by Crippen LogP contribution is 2.36. The van der Waals surface area contributed by atoms with E-state index in [2.05, 4.69) is 14.9 Å². The number of hydrogen-bond donors (Lipinski definition) is 0. The summed E-state index contributed by atoms with van der Waals surface area (Å²) in [6, 6.07) is 1.83. The molecule has 21 heavy (non-hydrogen) atoms. The topological polar surface area (TPSA) is 58.6 Å². The number of amides is 1. The minimum Gasteiger partial charge on any atom is -0.381 e. The lowest BCUT2D eigenvalue weighted by atomic mass is 9.81. The SMILES string of the molecule is CN(C)C(=O)C[C@@H]1COC[C@H]2CN(c3ncccn3)C[C@@H]12. The van der Waals surface area contributed by atoms with Gasteiger partial charge in [-0.1, -0.05) is 0 Å². The van der Waals surface area contributed by atoms with Crippen LogP contribution in [0.4, 0.5) is 5.95 Å². The molecule has 3 heterocycles. The van der Waals surface area contributed by atoms with Crippen molar-refractivity contribution in [3.63, 3.8) is 0 Å². The fraction of sp³-hybridized carbons (Fsp3) is 0.667. The molecule has 3 atom stereocenters. The van der Waals surface area contributed by atoms with Gasteiger partial charge in [0.1, 0.15) is 0 Å². The van der Waals surface area contributed by atoms with E-state index in [4.69, 9.17) is 4.74 Å². The van der Waals surface area contributed by atoms with Gasteiger partial charge in [0.25, 0.3) is 0 Å². The van der Waals surface area contributed by atoms with Crippen molar-refractivity contribution in [3.8, 4) is 0 Å². The zero-order chi connectivity index (χ0) is 14.8. The summed E-state index contributed by atoms with van der Waals surface area (Å²) < 4.78 is 5.72. The Bertz CT molecular complexity index is 494. The van der Waals surface area contributed by atoms with Gasteiger partial charge >= 0.3 is 0 Å². The second-order valence-corrected chi connectivity index (χ2v) is 6.17. The normalized spacial score (nSPS) is 28.3. The lowest BCUT2D eigenvalue weighted by Crippen LogP contribution is -2.38. The Morgan fingerprint density at radius 3 is 2.81 bits per heavy atom. The molecular formula is C15H22N4O2. The standard InChI is InChI=1S/C15H22N4O2/c1-18(2)14(20)6-11-9-21-10-12-7-19(8-13(11)12)15-16-4-3-5-17-15/h3-5,11-13H,6-10H2,1-2H3/t11-,12-,13+/m1/s1. The molecule has 0 saturated carbocycles. The summed E-state index contributed by atoms with van der Waals surface area (Å²) in [6.45, 7) is 3.30. The molecule has 0 radical (unpaired) electrons. The second kappa shape index (κ2) is 5.97. The molecule has 2 fully saturated rings. The van der Waals surface area contributed by atoms with Gasteiger partial charge in [-0.05, 0) is 17.9 Å². The van der Waals surface area contributed by atoms with Crippen molar-refractivity contribution in [3.05, 3.63) is 18.5 Å². The van der Waals surface area contributed by atoms with Gasteiger partial charge in [0.2, 0.25) is 11.9 Å². The number of carbonyl (C=O) groups is 1. The minimum atomic E-state index is 0.179. The molecule has 1 aromatic heterocycles. The van der Waals surface area contributed by atoms with Crippen LogP contribution in [0, 0.1) is 17.8 Å². The van der Waals surface area contributed by atoms with Gasteiger partial charge in [-0.2, -0.15) is 0 Å². The number of nitrogens with zero attached hydrogens (tertiary/aromatic N) is 4.